The average Bonchev–Trinajstić information content (AvgIpc) is 2.95. The molecule has 4 rings (SSSR count). The van der Waals surface area contributed by atoms with Gasteiger partial charge in [0.1, 0.15) is 0 Å². The lowest BCUT2D eigenvalue weighted by Crippen LogP contribution is -2.57. The molecule has 3 nitrogen and oxygen atoms in total. The third kappa shape index (κ3) is 2.20. The van der Waals surface area contributed by atoms with Gasteiger partial charge in [-0.15, -0.1) is 0 Å². The van der Waals surface area contributed by atoms with E-state index in [2.05, 4.69) is 6.92 Å². The molecule has 2 unspecified atom stereocenters. The molecule has 0 aromatic rings. The molecule has 0 aromatic carbocycles. The second kappa shape index (κ2) is 5.96. The van der Waals surface area contributed by atoms with E-state index in [-0.39, 0.29) is 5.92 Å². The number of aliphatic hydroxyl groups excluding tert-OH is 2. The molecule has 4 aliphatic rings. The van der Waals surface area contributed by atoms with Gasteiger partial charge in [-0.3, -0.25) is 0 Å². The molecule has 0 bridgehead atoms. The number of fused-ring (bicyclic) bond motifs is 5. The molecule has 3 N–H and O–H groups in total. The van der Waals surface area contributed by atoms with E-state index in [4.69, 9.17) is 0 Å². The Labute approximate surface area is 146 Å². The molecule has 3 heteroatoms. The lowest BCUT2D eigenvalue weighted by Gasteiger charge is -2.61. The number of aliphatic hydroxyl groups is 3. The molecule has 4 fully saturated rings. The third-order valence-electron chi connectivity index (χ3n) is 9.30. The minimum atomic E-state index is -1.28. The van der Waals surface area contributed by atoms with Gasteiger partial charge in [0.15, 0.2) is 6.29 Å². The molecule has 4 aliphatic carbocycles. The van der Waals surface area contributed by atoms with Crippen molar-refractivity contribution in [1.82, 2.24) is 0 Å². The van der Waals surface area contributed by atoms with Crippen LogP contribution >= 0.6 is 0 Å². The number of rotatable bonds is 2. The minimum absolute atomic E-state index is 0.0559. The number of hydrogen-bond acceptors (Lipinski definition) is 3. The average molecular weight is 337 g/mol. The first-order valence-electron chi connectivity index (χ1n) is 10.5. The van der Waals surface area contributed by atoms with E-state index in [0.717, 1.165) is 37.5 Å². The van der Waals surface area contributed by atoms with Crippen molar-refractivity contribution >= 4 is 0 Å². The van der Waals surface area contributed by atoms with E-state index in [1.54, 1.807) is 0 Å². The highest BCUT2D eigenvalue weighted by Gasteiger charge is 2.64. The van der Waals surface area contributed by atoms with Crippen LogP contribution in [0.4, 0.5) is 0 Å². The summed E-state index contributed by atoms with van der Waals surface area (Å²) in [7, 11) is 0. The second-order valence-corrected chi connectivity index (χ2v) is 9.85. The van der Waals surface area contributed by atoms with E-state index in [0.29, 0.717) is 17.3 Å². The molecule has 0 saturated heterocycles. The Kier molecular flexibility index (Phi) is 4.29. The van der Waals surface area contributed by atoms with Crippen LogP contribution < -0.4 is 0 Å². The van der Waals surface area contributed by atoms with Crippen LogP contribution in [-0.2, 0) is 0 Å². The molecular weight excluding hydrogens is 300 g/mol. The minimum Gasteiger partial charge on any atom is -0.393 e. The van der Waals surface area contributed by atoms with Gasteiger partial charge >= 0.3 is 0 Å². The van der Waals surface area contributed by atoms with Crippen molar-refractivity contribution < 1.29 is 15.3 Å². The van der Waals surface area contributed by atoms with Crippen molar-refractivity contribution in [2.75, 3.05) is 0 Å². The first kappa shape index (κ1) is 17.3. The second-order valence-electron chi connectivity index (χ2n) is 9.85. The predicted molar refractivity (Wildman–Crippen MR) is 94.1 cm³/mol. The highest BCUT2D eigenvalue weighted by Crippen LogP contribution is 2.68. The van der Waals surface area contributed by atoms with Crippen molar-refractivity contribution in [2.45, 2.75) is 90.4 Å². The van der Waals surface area contributed by atoms with Gasteiger partial charge in [-0.1, -0.05) is 19.8 Å². The molecule has 0 radical (unpaired) electrons. The topological polar surface area (TPSA) is 60.7 Å². The Morgan fingerprint density at radius 1 is 0.833 bits per heavy atom. The molecule has 138 valence electrons. The van der Waals surface area contributed by atoms with Crippen molar-refractivity contribution in [3.63, 3.8) is 0 Å². The van der Waals surface area contributed by atoms with Crippen molar-refractivity contribution in [1.29, 1.82) is 0 Å². The normalized spacial score (nSPS) is 52.5. The maximum Gasteiger partial charge on any atom is 0.157 e. The smallest absolute Gasteiger partial charge is 0.157 e. The molecule has 0 heterocycles. The summed E-state index contributed by atoms with van der Waals surface area (Å²) in [5.41, 5.74) is 0.0316. The standard InChI is InChI=1S/C21H36O3/c1-13(22)16-8-9-18-15-7-6-14-5-3-4-11-20(14,2)17(15)10-12-21(16,18)19(23)24/h13-19,22-24H,3-12H2,1-2H3/t13?,14?,15-,16-,17+,18+,20+,21+/m1/s1. The summed E-state index contributed by atoms with van der Waals surface area (Å²) in [6.45, 7) is 4.40. The van der Waals surface area contributed by atoms with Crippen LogP contribution in [0.25, 0.3) is 0 Å². The monoisotopic (exact) mass is 336 g/mol. The van der Waals surface area contributed by atoms with Gasteiger partial charge in [0.2, 0.25) is 0 Å². The van der Waals surface area contributed by atoms with Crippen LogP contribution in [0, 0.1) is 40.4 Å². The summed E-state index contributed by atoms with van der Waals surface area (Å²) in [6, 6.07) is 0. The van der Waals surface area contributed by atoms with Gasteiger partial charge in [0, 0.05) is 5.41 Å². The van der Waals surface area contributed by atoms with Crippen LogP contribution in [0.1, 0.15) is 78.1 Å². The van der Waals surface area contributed by atoms with Gasteiger partial charge in [0.25, 0.3) is 0 Å². The van der Waals surface area contributed by atoms with Crippen LogP contribution in [0.2, 0.25) is 0 Å². The predicted octanol–water partition coefficient (Wildman–Crippen LogP) is 3.71. The first-order chi connectivity index (χ1) is 11.4. The fourth-order valence-corrected chi connectivity index (χ4v) is 8.26. The molecule has 0 spiro atoms. The Bertz CT molecular complexity index is 476. The van der Waals surface area contributed by atoms with E-state index in [1.165, 1.54) is 38.5 Å². The van der Waals surface area contributed by atoms with Crippen molar-refractivity contribution in [2.24, 2.45) is 40.4 Å². The maximum atomic E-state index is 10.4. The van der Waals surface area contributed by atoms with Crippen LogP contribution in [0.15, 0.2) is 0 Å². The summed E-state index contributed by atoms with van der Waals surface area (Å²) in [5, 5.41) is 31.1. The van der Waals surface area contributed by atoms with Crippen LogP contribution in [0.5, 0.6) is 0 Å². The molecule has 0 aliphatic heterocycles. The van der Waals surface area contributed by atoms with Gasteiger partial charge in [-0.2, -0.15) is 0 Å². The Morgan fingerprint density at radius 3 is 2.33 bits per heavy atom. The first-order valence-corrected chi connectivity index (χ1v) is 10.5. The SMILES string of the molecule is CC(O)[C@H]1CC[C@H]2[C@@H]3CCC4CCCC[C@]4(C)[C@H]3CC[C@]12C(O)O. The Hall–Kier alpha value is -0.120. The molecular formula is C21H36O3. The lowest BCUT2D eigenvalue weighted by molar-refractivity contribution is -0.224. The van der Waals surface area contributed by atoms with Gasteiger partial charge in [0.05, 0.1) is 6.10 Å². The fraction of sp³-hybridized carbons (Fsp3) is 1.00. The zero-order valence-electron chi connectivity index (χ0n) is 15.5. The zero-order chi connectivity index (χ0) is 17.1. The fourth-order valence-electron chi connectivity index (χ4n) is 8.26. The Morgan fingerprint density at radius 2 is 1.62 bits per heavy atom. The molecule has 8 atom stereocenters. The molecule has 24 heavy (non-hydrogen) atoms. The number of hydrogen-bond donors (Lipinski definition) is 3. The maximum absolute atomic E-state index is 10.4. The highest BCUT2D eigenvalue weighted by molar-refractivity contribution is 5.11. The highest BCUT2D eigenvalue weighted by atomic mass is 16.5. The summed E-state index contributed by atoms with van der Waals surface area (Å²) in [5.74, 6) is 2.76. The van der Waals surface area contributed by atoms with Crippen LogP contribution in [-0.4, -0.2) is 27.7 Å². The zero-order valence-corrected chi connectivity index (χ0v) is 15.5. The molecule has 0 aromatic heterocycles. The summed E-state index contributed by atoms with van der Waals surface area (Å²) in [6.07, 6.45) is 10.5. The summed E-state index contributed by atoms with van der Waals surface area (Å²) >= 11 is 0. The molecule has 0 amide bonds. The summed E-state index contributed by atoms with van der Waals surface area (Å²) in [4.78, 5) is 0. The van der Waals surface area contributed by atoms with E-state index in [9.17, 15) is 15.3 Å². The van der Waals surface area contributed by atoms with Gasteiger partial charge in [-0.05, 0) is 93.3 Å². The molecule has 4 saturated carbocycles. The third-order valence-corrected chi connectivity index (χ3v) is 9.30. The van der Waals surface area contributed by atoms with E-state index < -0.39 is 17.8 Å². The van der Waals surface area contributed by atoms with Gasteiger partial charge < -0.3 is 15.3 Å². The van der Waals surface area contributed by atoms with Crippen molar-refractivity contribution in [3.05, 3.63) is 0 Å². The van der Waals surface area contributed by atoms with Gasteiger partial charge in [-0.25, -0.2) is 0 Å². The van der Waals surface area contributed by atoms with Crippen LogP contribution in [0.3, 0.4) is 0 Å². The quantitative estimate of drug-likeness (QED) is 0.674. The summed E-state index contributed by atoms with van der Waals surface area (Å²) < 4.78 is 0. The largest absolute Gasteiger partial charge is 0.393 e. The van der Waals surface area contributed by atoms with Crippen molar-refractivity contribution in [3.8, 4) is 0 Å². The Balaban J connectivity index is 1.67. The van der Waals surface area contributed by atoms with E-state index in [1.807, 2.05) is 6.92 Å². The van der Waals surface area contributed by atoms with E-state index >= 15 is 0 Å². The lowest BCUT2D eigenvalue weighted by atomic mass is 9.44.